The number of aromatic nitrogens is 6. The number of para-hydroxylation sites is 2. The van der Waals surface area contributed by atoms with Crippen LogP contribution < -0.4 is 0 Å². The van der Waals surface area contributed by atoms with Crippen LogP contribution >= 0.6 is 11.3 Å². The van der Waals surface area contributed by atoms with Crippen molar-refractivity contribution in [2.75, 3.05) is 0 Å². The molecule has 5 aromatic heterocycles. The zero-order valence-electron chi connectivity index (χ0n) is 39.2. The number of hydrogen-bond acceptors (Lipinski definition) is 5. The number of fused-ring (bicyclic) bond motifs is 13. The van der Waals surface area contributed by atoms with Gasteiger partial charge in [0.05, 0.1) is 43.8 Å². The van der Waals surface area contributed by atoms with Crippen molar-refractivity contribution in [3.8, 4) is 68.1 Å². The van der Waals surface area contributed by atoms with Crippen LogP contribution in [0.25, 0.3) is 143 Å². The van der Waals surface area contributed by atoms with Gasteiger partial charge in [0.15, 0.2) is 11.6 Å². The van der Waals surface area contributed by atoms with Crippen LogP contribution in [0.2, 0.25) is 0 Å². The maximum Gasteiger partial charge on any atom is 0.162 e. The highest BCUT2D eigenvalue weighted by Crippen LogP contribution is 2.49. The molecule has 15 rings (SSSR count). The summed E-state index contributed by atoms with van der Waals surface area (Å²) in [4.78, 5) is 20.8. The fourth-order valence-corrected chi connectivity index (χ4v) is 12.3. The highest BCUT2D eigenvalue weighted by Gasteiger charge is 2.24. The van der Waals surface area contributed by atoms with E-state index < -0.39 is 0 Å². The van der Waals surface area contributed by atoms with Crippen LogP contribution in [0.15, 0.2) is 243 Å². The molecule has 0 radical (unpaired) electrons. The monoisotopic (exact) mass is 948 g/mol. The zero-order valence-corrected chi connectivity index (χ0v) is 40.0. The summed E-state index contributed by atoms with van der Waals surface area (Å²) in [5.74, 6) is 2.19. The Hall–Kier alpha value is -9.56. The van der Waals surface area contributed by atoms with E-state index in [4.69, 9.17) is 19.9 Å². The van der Waals surface area contributed by atoms with Crippen molar-refractivity contribution in [1.29, 1.82) is 0 Å². The Morgan fingerprint density at radius 1 is 0.301 bits per heavy atom. The Kier molecular flexibility index (Phi) is 9.33. The minimum atomic E-state index is 0.685. The quantitative estimate of drug-likeness (QED) is 0.160. The molecule has 5 heterocycles. The van der Waals surface area contributed by atoms with Gasteiger partial charge in [0.2, 0.25) is 0 Å². The highest BCUT2D eigenvalue weighted by molar-refractivity contribution is 7.27. The van der Waals surface area contributed by atoms with Gasteiger partial charge in [-0.05, 0) is 65.4 Å². The Balaban J connectivity index is 0.966. The molecule has 0 spiro atoms. The Bertz CT molecular complexity index is 4520. The number of thiophene rings is 1. The van der Waals surface area contributed by atoms with E-state index >= 15 is 0 Å². The highest BCUT2D eigenvalue weighted by atomic mass is 32.1. The van der Waals surface area contributed by atoms with E-state index in [1.165, 1.54) is 58.0 Å². The predicted octanol–water partition coefficient (Wildman–Crippen LogP) is 17.3. The first-order valence-electron chi connectivity index (χ1n) is 24.5. The second kappa shape index (κ2) is 16.5. The molecule has 0 aliphatic rings. The molecule has 0 saturated heterocycles. The normalized spacial score (nSPS) is 11.8. The summed E-state index contributed by atoms with van der Waals surface area (Å²) in [6.07, 6.45) is 0. The third-order valence-corrected chi connectivity index (χ3v) is 15.5. The fourth-order valence-electron chi connectivity index (χ4n) is 11.0. The van der Waals surface area contributed by atoms with E-state index in [0.29, 0.717) is 11.6 Å². The predicted molar refractivity (Wildman–Crippen MR) is 304 cm³/mol. The van der Waals surface area contributed by atoms with Crippen molar-refractivity contribution in [1.82, 2.24) is 29.1 Å². The van der Waals surface area contributed by atoms with E-state index in [-0.39, 0.29) is 0 Å². The Labute approximate surface area is 423 Å². The summed E-state index contributed by atoms with van der Waals surface area (Å²) in [6.45, 7) is 0. The van der Waals surface area contributed by atoms with Gasteiger partial charge in [0.25, 0.3) is 0 Å². The van der Waals surface area contributed by atoms with Crippen molar-refractivity contribution in [3.05, 3.63) is 243 Å². The lowest BCUT2D eigenvalue weighted by Crippen LogP contribution is -2.02. The number of rotatable bonds is 7. The fraction of sp³-hybridized carbons (Fsp3) is 0. The van der Waals surface area contributed by atoms with Crippen LogP contribution in [0.4, 0.5) is 0 Å². The molecule has 15 aromatic rings. The SMILES string of the molecule is c1ccc(-c2cc(-c3ccccc3)nc(-c3ccc(-n4c5ccccc5c5c6ccccc6c6c7cc8c9ccccc9n(-c9cc(-c%10ccccc%10)nc(-c%10ccccc%10)n9)c8cc7sc6c54)cc3)n2)cc1. The Morgan fingerprint density at radius 3 is 1.37 bits per heavy atom. The molecule has 0 N–H and O–H groups in total. The molecule has 0 atom stereocenters. The summed E-state index contributed by atoms with van der Waals surface area (Å²) < 4.78 is 7.27. The molecule has 340 valence electrons. The lowest BCUT2D eigenvalue weighted by molar-refractivity contribution is 1.05. The molecule has 0 aliphatic heterocycles. The second-order valence-corrected chi connectivity index (χ2v) is 19.6. The van der Waals surface area contributed by atoms with Crippen molar-refractivity contribution < 1.29 is 0 Å². The lowest BCUT2D eigenvalue weighted by atomic mass is 9.98. The van der Waals surface area contributed by atoms with Gasteiger partial charge in [-0.15, -0.1) is 11.3 Å². The molecule has 0 unspecified atom stereocenters. The maximum atomic E-state index is 5.35. The van der Waals surface area contributed by atoms with Crippen molar-refractivity contribution in [2.24, 2.45) is 0 Å². The number of benzene rings is 10. The molecule has 0 bridgehead atoms. The summed E-state index contributed by atoms with van der Waals surface area (Å²) in [6, 6.07) is 85.8. The topological polar surface area (TPSA) is 61.4 Å². The molecular weight excluding hydrogens is 909 g/mol. The van der Waals surface area contributed by atoms with Gasteiger partial charge in [-0.25, -0.2) is 19.9 Å². The molecule has 0 aliphatic carbocycles. The lowest BCUT2D eigenvalue weighted by Gasteiger charge is -2.12. The molecule has 7 heteroatoms. The third kappa shape index (κ3) is 6.63. The van der Waals surface area contributed by atoms with Crippen LogP contribution in [0, 0.1) is 0 Å². The van der Waals surface area contributed by atoms with E-state index in [1.54, 1.807) is 0 Å². The second-order valence-electron chi connectivity index (χ2n) is 18.6. The third-order valence-electron chi connectivity index (χ3n) is 14.3. The van der Waals surface area contributed by atoms with Crippen LogP contribution in [0.5, 0.6) is 0 Å². The number of hydrogen-bond donors (Lipinski definition) is 0. The smallest absolute Gasteiger partial charge is 0.162 e. The molecular formula is C66H40N6S. The van der Waals surface area contributed by atoms with Gasteiger partial charge in [0.1, 0.15) is 5.82 Å². The van der Waals surface area contributed by atoms with E-state index in [1.807, 2.05) is 47.7 Å². The zero-order chi connectivity index (χ0) is 48.0. The van der Waals surface area contributed by atoms with Crippen molar-refractivity contribution in [3.63, 3.8) is 0 Å². The van der Waals surface area contributed by atoms with E-state index in [9.17, 15) is 0 Å². The van der Waals surface area contributed by atoms with Crippen LogP contribution in [-0.4, -0.2) is 29.1 Å². The molecule has 73 heavy (non-hydrogen) atoms. The summed E-state index contributed by atoms with van der Waals surface area (Å²) in [5.41, 5.74) is 13.3. The van der Waals surface area contributed by atoms with Gasteiger partial charge in [0, 0.05) is 76.6 Å². The largest absolute Gasteiger partial charge is 0.308 e. The van der Waals surface area contributed by atoms with E-state index in [2.05, 4.69) is 215 Å². The van der Waals surface area contributed by atoms with E-state index in [0.717, 1.165) is 73.0 Å². The van der Waals surface area contributed by atoms with Crippen LogP contribution in [-0.2, 0) is 0 Å². The van der Waals surface area contributed by atoms with Crippen molar-refractivity contribution in [2.45, 2.75) is 0 Å². The summed E-state index contributed by atoms with van der Waals surface area (Å²) in [5, 5.41) is 9.82. The van der Waals surface area contributed by atoms with Gasteiger partial charge in [-0.2, -0.15) is 0 Å². The average molecular weight is 949 g/mol. The Morgan fingerprint density at radius 2 is 0.767 bits per heavy atom. The summed E-state index contributed by atoms with van der Waals surface area (Å²) >= 11 is 1.87. The summed E-state index contributed by atoms with van der Waals surface area (Å²) in [7, 11) is 0. The van der Waals surface area contributed by atoms with Gasteiger partial charge in [-0.1, -0.05) is 182 Å². The van der Waals surface area contributed by atoms with Crippen LogP contribution in [0.3, 0.4) is 0 Å². The molecule has 0 amide bonds. The first-order valence-corrected chi connectivity index (χ1v) is 25.4. The van der Waals surface area contributed by atoms with Gasteiger partial charge < -0.3 is 4.57 Å². The molecule has 10 aromatic carbocycles. The average Bonchev–Trinajstić information content (AvgIpc) is 4.13. The maximum absolute atomic E-state index is 5.35. The van der Waals surface area contributed by atoms with Crippen molar-refractivity contribution >= 4 is 85.9 Å². The minimum absolute atomic E-state index is 0.685. The standard InChI is InChI=1S/C66H40N6S/c1-5-19-41(20-6-1)53-38-54(42-21-7-2-8-22-42)68-65(67-53)45-33-35-46(36-34-45)71-57-32-18-16-30-50(57)61-48-28-13-14-29-49(48)62-52-37-51-47-27-15-17-31-56(47)72(58(51)40-59(52)73-64(62)63(61)71)60-39-55(43-23-9-3-10-24-43)69-66(70-60)44-25-11-4-12-26-44/h1-40H. The molecule has 0 fully saturated rings. The van der Waals surface area contributed by atoms with Crippen LogP contribution in [0.1, 0.15) is 0 Å². The number of nitrogens with zero attached hydrogens (tertiary/aromatic N) is 6. The molecule has 0 saturated carbocycles. The van der Waals surface area contributed by atoms with Gasteiger partial charge in [-0.3, -0.25) is 4.57 Å². The first kappa shape index (κ1) is 41.2. The van der Waals surface area contributed by atoms with Gasteiger partial charge >= 0.3 is 0 Å². The minimum Gasteiger partial charge on any atom is -0.308 e. The molecule has 6 nitrogen and oxygen atoms in total. The first-order chi connectivity index (χ1) is 36.2.